The Labute approximate surface area is 102 Å². The molecule has 1 N–H and O–H groups in total. The molecule has 84 valence electrons. The molecule has 0 spiro atoms. The molecule has 0 saturated heterocycles. The van der Waals surface area contributed by atoms with Gasteiger partial charge in [-0.3, -0.25) is 9.59 Å². The average Bonchev–Trinajstić information content (AvgIpc) is 2.94. The number of carbonyl (C=O) groups excluding carboxylic acids is 2. The van der Waals surface area contributed by atoms with E-state index in [1.165, 1.54) is 11.3 Å². The smallest absolute Gasteiger partial charge is 0.239 e. The number of carbonyl (C=O) groups is 2. The molecule has 0 bridgehead atoms. The zero-order valence-electron chi connectivity index (χ0n) is 8.84. The largest absolute Gasteiger partial charge is 0.325 e. The number of ketones is 1. The fourth-order valence-electron chi connectivity index (χ4n) is 2.03. The van der Waals surface area contributed by atoms with Gasteiger partial charge in [0.15, 0.2) is 5.78 Å². The molecule has 0 radical (unpaired) electrons. The van der Waals surface area contributed by atoms with E-state index in [1.54, 1.807) is 6.07 Å². The first-order valence-corrected chi connectivity index (χ1v) is 6.13. The summed E-state index contributed by atoms with van der Waals surface area (Å²) in [6, 6.07) is 10.9. The first-order chi connectivity index (χ1) is 8.27. The van der Waals surface area contributed by atoms with Gasteiger partial charge in [-0.05, 0) is 23.1 Å². The Morgan fingerprint density at radius 1 is 1.18 bits per heavy atom. The quantitative estimate of drug-likeness (QED) is 0.651. The molecule has 0 saturated carbocycles. The summed E-state index contributed by atoms with van der Waals surface area (Å²) in [5.74, 6) is -1.04. The van der Waals surface area contributed by atoms with Crippen molar-refractivity contribution < 1.29 is 9.59 Å². The van der Waals surface area contributed by atoms with Crippen molar-refractivity contribution in [1.82, 2.24) is 0 Å². The van der Waals surface area contributed by atoms with Gasteiger partial charge in [0.05, 0.1) is 4.88 Å². The SMILES string of the molecule is O=C1Nc2ccccc2C1C(=O)c1cccs1. The summed E-state index contributed by atoms with van der Waals surface area (Å²) in [5, 5.41) is 4.57. The Bertz CT molecular complexity index is 589. The monoisotopic (exact) mass is 243 g/mol. The van der Waals surface area contributed by atoms with Crippen molar-refractivity contribution in [3.8, 4) is 0 Å². The molecular weight excluding hydrogens is 234 g/mol. The Balaban J connectivity index is 2.04. The topological polar surface area (TPSA) is 46.2 Å². The number of hydrogen-bond donors (Lipinski definition) is 1. The first-order valence-electron chi connectivity index (χ1n) is 5.25. The number of amides is 1. The van der Waals surface area contributed by atoms with Crippen LogP contribution in [0.3, 0.4) is 0 Å². The third-order valence-electron chi connectivity index (χ3n) is 2.82. The van der Waals surface area contributed by atoms with Gasteiger partial charge in [0.1, 0.15) is 5.92 Å². The van der Waals surface area contributed by atoms with Crippen LogP contribution in [0.4, 0.5) is 5.69 Å². The van der Waals surface area contributed by atoms with E-state index in [1.807, 2.05) is 35.7 Å². The van der Waals surface area contributed by atoms with E-state index >= 15 is 0 Å². The Hall–Kier alpha value is -1.94. The molecule has 0 fully saturated rings. The summed E-state index contributed by atoms with van der Waals surface area (Å²) in [5.41, 5.74) is 1.52. The second-order valence-electron chi connectivity index (χ2n) is 3.85. The van der Waals surface area contributed by atoms with Crippen LogP contribution in [0.5, 0.6) is 0 Å². The van der Waals surface area contributed by atoms with E-state index in [0.717, 1.165) is 11.3 Å². The lowest BCUT2D eigenvalue weighted by Crippen LogP contribution is -2.20. The molecular formula is C13H9NO2S. The second kappa shape index (κ2) is 3.82. The van der Waals surface area contributed by atoms with Crippen LogP contribution in [-0.4, -0.2) is 11.7 Å². The van der Waals surface area contributed by atoms with Gasteiger partial charge < -0.3 is 5.32 Å². The molecule has 1 unspecified atom stereocenters. The molecule has 3 nitrogen and oxygen atoms in total. The van der Waals surface area contributed by atoms with Crippen molar-refractivity contribution >= 4 is 28.7 Å². The van der Waals surface area contributed by atoms with E-state index in [0.29, 0.717) is 4.88 Å². The minimum atomic E-state index is -0.690. The number of hydrogen-bond acceptors (Lipinski definition) is 3. The summed E-state index contributed by atoms with van der Waals surface area (Å²) in [4.78, 5) is 24.7. The fraction of sp³-hybridized carbons (Fsp3) is 0.0769. The molecule has 1 amide bonds. The summed E-state index contributed by atoms with van der Waals surface area (Å²) in [6.07, 6.45) is 0. The molecule has 3 rings (SSSR count). The van der Waals surface area contributed by atoms with Gasteiger partial charge in [0.25, 0.3) is 0 Å². The lowest BCUT2D eigenvalue weighted by molar-refractivity contribution is -0.116. The van der Waals surface area contributed by atoms with Crippen LogP contribution in [0.25, 0.3) is 0 Å². The number of thiophene rings is 1. The molecule has 1 atom stereocenters. The Kier molecular flexibility index (Phi) is 2.30. The third kappa shape index (κ3) is 1.57. The van der Waals surface area contributed by atoms with E-state index in [2.05, 4.69) is 5.32 Å². The molecule has 1 aromatic carbocycles. The van der Waals surface area contributed by atoms with E-state index in [-0.39, 0.29) is 11.7 Å². The average molecular weight is 243 g/mol. The lowest BCUT2D eigenvalue weighted by atomic mass is 9.95. The number of fused-ring (bicyclic) bond motifs is 1. The van der Waals surface area contributed by atoms with Crippen molar-refractivity contribution in [2.75, 3.05) is 5.32 Å². The number of nitrogens with one attached hydrogen (secondary N) is 1. The lowest BCUT2D eigenvalue weighted by Gasteiger charge is -2.05. The minimum Gasteiger partial charge on any atom is -0.325 e. The van der Waals surface area contributed by atoms with Crippen LogP contribution >= 0.6 is 11.3 Å². The number of benzene rings is 1. The molecule has 2 aromatic rings. The van der Waals surface area contributed by atoms with Crippen molar-refractivity contribution in [3.05, 3.63) is 52.2 Å². The Morgan fingerprint density at radius 2 is 2.00 bits per heavy atom. The Morgan fingerprint density at radius 3 is 2.76 bits per heavy atom. The maximum absolute atomic E-state index is 12.2. The van der Waals surface area contributed by atoms with Gasteiger partial charge in [-0.1, -0.05) is 24.3 Å². The van der Waals surface area contributed by atoms with E-state index < -0.39 is 5.92 Å². The molecule has 2 heterocycles. The van der Waals surface area contributed by atoms with E-state index in [4.69, 9.17) is 0 Å². The number of Topliss-reactive ketones (excluding diaryl/α,β-unsaturated/α-hetero) is 1. The highest BCUT2D eigenvalue weighted by Crippen LogP contribution is 2.35. The van der Waals surface area contributed by atoms with Crippen LogP contribution < -0.4 is 5.32 Å². The molecule has 17 heavy (non-hydrogen) atoms. The maximum atomic E-state index is 12.2. The van der Waals surface area contributed by atoms with Gasteiger partial charge in [0, 0.05) is 5.69 Å². The van der Waals surface area contributed by atoms with Crippen molar-refractivity contribution in [1.29, 1.82) is 0 Å². The molecule has 4 heteroatoms. The van der Waals surface area contributed by atoms with Crippen LogP contribution in [0.2, 0.25) is 0 Å². The molecule has 1 aliphatic heterocycles. The van der Waals surface area contributed by atoms with Gasteiger partial charge in [-0.2, -0.15) is 0 Å². The highest BCUT2D eigenvalue weighted by Gasteiger charge is 2.36. The van der Waals surface area contributed by atoms with Gasteiger partial charge in [-0.15, -0.1) is 11.3 Å². The van der Waals surface area contributed by atoms with Crippen molar-refractivity contribution in [2.24, 2.45) is 0 Å². The van der Waals surface area contributed by atoms with E-state index in [9.17, 15) is 9.59 Å². The van der Waals surface area contributed by atoms with Gasteiger partial charge in [0.2, 0.25) is 5.91 Å². The number of rotatable bonds is 2. The standard InChI is InChI=1S/C13H9NO2S/c15-12(10-6-3-7-17-10)11-8-4-1-2-5-9(8)14-13(11)16/h1-7,11H,(H,14,16). The predicted octanol–water partition coefficient (Wildman–Crippen LogP) is 2.67. The molecule has 0 aliphatic carbocycles. The summed E-state index contributed by atoms with van der Waals surface area (Å²) >= 11 is 1.37. The number of para-hydroxylation sites is 1. The summed E-state index contributed by atoms with van der Waals surface area (Å²) < 4.78 is 0. The zero-order chi connectivity index (χ0) is 11.8. The van der Waals surface area contributed by atoms with Crippen LogP contribution in [0.1, 0.15) is 21.2 Å². The highest BCUT2D eigenvalue weighted by atomic mass is 32.1. The van der Waals surface area contributed by atoms with Gasteiger partial charge in [-0.25, -0.2) is 0 Å². The highest BCUT2D eigenvalue weighted by molar-refractivity contribution is 7.12. The normalized spacial score (nSPS) is 17.6. The minimum absolute atomic E-state index is 0.123. The first kappa shape index (κ1) is 10.2. The number of anilines is 1. The van der Waals surface area contributed by atoms with Gasteiger partial charge >= 0.3 is 0 Å². The molecule has 1 aromatic heterocycles. The summed E-state index contributed by atoms with van der Waals surface area (Å²) in [6.45, 7) is 0. The zero-order valence-corrected chi connectivity index (χ0v) is 9.66. The van der Waals surface area contributed by atoms with Crippen LogP contribution in [-0.2, 0) is 4.79 Å². The predicted molar refractivity (Wildman–Crippen MR) is 66.5 cm³/mol. The second-order valence-corrected chi connectivity index (χ2v) is 4.80. The summed E-state index contributed by atoms with van der Waals surface area (Å²) in [7, 11) is 0. The molecule has 1 aliphatic rings. The van der Waals surface area contributed by atoms with Crippen LogP contribution in [0.15, 0.2) is 41.8 Å². The maximum Gasteiger partial charge on any atom is 0.239 e. The van der Waals surface area contributed by atoms with Crippen molar-refractivity contribution in [2.45, 2.75) is 5.92 Å². The third-order valence-corrected chi connectivity index (χ3v) is 3.70. The van der Waals surface area contributed by atoms with Crippen molar-refractivity contribution in [3.63, 3.8) is 0 Å². The fourth-order valence-corrected chi connectivity index (χ4v) is 2.72. The van der Waals surface area contributed by atoms with Crippen LogP contribution in [0, 0.1) is 0 Å².